The first-order valence-corrected chi connectivity index (χ1v) is 11.6. The van der Waals surface area contributed by atoms with Gasteiger partial charge in [0.15, 0.2) is 5.83 Å². The number of carbonyl (C=O) groups is 1. The van der Waals surface area contributed by atoms with Gasteiger partial charge >= 0.3 is 0 Å². The van der Waals surface area contributed by atoms with Crippen LogP contribution in [0.5, 0.6) is 5.88 Å². The third kappa shape index (κ3) is 8.26. The molecule has 0 bridgehead atoms. The molecular formula is C27H35FN6O2. The van der Waals surface area contributed by atoms with E-state index in [1.54, 1.807) is 24.5 Å². The molecule has 3 N–H and O–H groups in total. The molecule has 8 nitrogen and oxygen atoms in total. The zero-order chi connectivity index (χ0) is 26.7. The van der Waals surface area contributed by atoms with Gasteiger partial charge in [0.2, 0.25) is 5.88 Å². The van der Waals surface area contributed by atoms with E-state index in [4.69, 9.17) is 4.74 Å². The molecule has 1 aromatic carbocycles. The van der Waals surface area contributed by atoms with Crippen LogP contribution < -0.4 is 20.7 Å². The predicted octanol–water partition coefficient (Wildman–Crippen LogP) is 4.60. The van der Waals surface area contributed by atoms with Crippen LogP contribution >= 0.6 is 0 Å². The molecule has 0 fully saturated rings. The normalized spacial score (nSPS) is 12.4. The van der Waals surface area contributed by atoms with Crippen molar-refractivity contribution in [3.8, 4) is 5.88 Å². The van der Waals surface area contributed by atoms with Crippen molar-refractivity contribution in [3.63, 3.8) is 0 Å². The molecule has 1 heterocycles. The number of aryl methyl sites for hydroxylation is 1. The van der Waals surface area contributed by atoms with Crippen LogP contribution in [-0.2, 0) is 4.79 Å². The summed E-state index contributed by atoms with van der Waals surface area (Å²) in [6, 6.07) is 12.6. The van der Waals surface area contributed by atoms with Crippen molar-refractivity contribution < 1.29 is 13.9 Å². The molecule has 0 aliphatic heterocycles. The van der Waals surface area contributed by atoms with Crippen molar-refractivity contribution in [1.29, 1.82) is 0 Å². The Kier molecular flexibility index (Phi) is 10.7. The van der Waals surface area contributed by atoms with Crippen LogP contribution in [0.1, 0.15) is 31.5 Å². The Morgan fingerprint density at radius 2 is 1.94 bits per heavy atom. The average molecular weight is 495 g/mol. The second-order valence-corrected chi connectivity index (χ2v) is 8.05. The first-order chi connectivity index (χ1) is 17.2. The fraction of sp³-hybridized carbons (Fsp3) is 0.296. The minimum Gasteiger partial charge on any atom is -0.468 e. The van der Waals surface area contributed by atoms with Crippen molar-refractivity contribution in [2.24, 2.45) is 4.99 Å². The van der Waals surface area contributed by atoms with E-state index in [-0.39, 0.29) is 0 Å². The number of aromatic nitrogens is 1. The number of rotatable bonds is 13. The number of likely N-dealkylation sites (N-methyl/N-ethyl adjacent to an activating group) is 1. The third-order valence-electron chi connectivity index (χ3n) is 5.08. The topological polar surface area (TPSA) is 90.9 Å². The summed E-state index contributed by atoms with van der Waals surface area (Å²) in [6.45, 7) is 13.6. The molecule has 0 unspecified atom stereocenters. The van der Waals surface area contributed by atoms with Gasteiger partial charge in [-0.3, -0.25) is 4.79 Å². The van der Waals surface area contributed by atoms with Crippen molar-refractivity contribution in [2.75, 3.05) is 26.0 Å². The lowest BCUT2D eigenvalue weighted by atomic mass is 10.1. The molecule has 192 valence electrons. The van der Waals surface area contributed by atoms with Gasteiger partial charge in [-0.1, -0.05) is 38.3 Å². The monoisotopic (exact) mass is 494 g/mol. The Labute approximate surface area is 212 Å². The molecule has 0 saturated carbocycles. The molecule has 0 spiro atoms. The summed E-state index contributed by atoms with van der Waals surface area (Å²) in [6.07, 6.45) is 2.20. The maximum Gasteiger partial charge on any atom is 0.283 e. The zero-order valence-corrected chi connectivity index (χ0v) is 21.6. The van der Waals surface area contributed by atoms with Crippen LogP contribution in [0, 0.1) is 6.92 Å². The highest BCUT2D eigenvalue weighted by molar-refractivity contribution is 6.01. The van der Waals surface area contributed by atoms with E-state index in [9.17, 15) is 9.18 Å². The summed E-state index contributed by atoms with van der Waals surface area (Å²) in [7, 11) is 3.68. The summed E-state index contributed by atoms with van der Waals surface area (Å²) in [4.78, 5) is 22.3. The fourth-order valence-electron chi connectivity index (χ4n) is 3.36. The smallest absolute Gasteiger partial charge is 0.283 e. The largest absolute Gasteiger partial charge is 0.468 e. The molecular weight excluding hydrogens is 459 g/mol. The average Bonchev–Trinajstić information content (AvgIpc) is 2.84. The van der Waals surface area contributed by atoms with Crippen LogP contribution in [0.4, 0.5) is 10.1 Å². The van der Waals surface area contributed by atoms with Gasteiger partial charge in [0.05, 0.1) is 17.7 Å². The maximum absolute atomic E-state index is 13.1. The van der Waals surface area contributed by atoms with Gasteiger partial charge in [-0.2, -0.15) is 0 Å². The van der Waals surface area contributed by atoms with E-state index in [1.165, 1.54) is 0 Å². The lowest BCUT2D eigenvalue weighted by Gasteiger charge is -2.28. The Balaban J connectivity index is 2.45. The number of aliphatic imine (C=N–C) groups is 1. The van der Waals surface area contributed by atoms with Crippen LogP contribution in [0.3, 0.4) is 0 Å². The number of hydrogen-bond donors (Lipinski definition) is 3. The number of amides is 1. The molecule has 36 heavy (non-hydrogen) atoms. The van der Waals surface area contributed by atoms with Gasteiger partial charge in [0.25, 0.3) is 5.91 Å². The second kappa shape index (κ2) is 13.7. The summed E-state index contributed by atoms with van der Waals surface area (Å²) in [5.74, 6) is -0.881. The molecule has 9 heteroatoms. The van der Waals surface area contributed by atoms with Gasteiger partial charge in [0.1, 0.15) is 11.9 Å². The summed E-state index contributed by atoms with van der Waals surface area (Å²) in [5, 5.41) is 8.86. The number of nitrogens with zero attached hydrogens (tertiary/aromatic N) is 3. The zero-order valence-electron chi connectivity index (χ0n) is 21.6. The Morgan fingerprint density at radius 3 is 2.53 bits per heavy atom. The lowest BCUT2D eigenvalue weighted by Crippen LogP contribution is -2.32. The lowest BCUT2D eigenvalue weighted by molar-refractivity contribution is -0.114. The highest BCUT2D eigenvalue weighted by Gasteiger charge is 2.21. The number of nitrogens with one attached hydrogen (secondary N) is 3. The van der Waals surface area contributed by atoms with E-state index in [1.807, 2.05) is 57.1 Å². The predicted molar refractivity (Wildman–Crippen MR) is 144 cm³/mol. The fourth-order valence-corrected chi connectivity index (χ4v) is 3.36. The van der Waals surface area contributed by atoms with Gasteiger partial charge < -0.3 is 25.6 Å². The minimum absolute atomic E-state index is 0.427. The molecule has 0 aliphatic carbocycles. The molecule has 1 amide bonds. The number of halogens is 1. The summed E-state index contributed by atoms with van der Waals surface area (Å²) in [5.41, 5.74) is 3.66. The highest BCUT2D eigenvalue weighted by Crippen LogP contribution is 2.25. The molecule has 1 atom stereocenters. The Morgan fingerprint density at radius 1 is 1.25 bits per heavy atom. The minimum atomic E-state index is -1.05. The third-order valence-corrected chi connectivity index (χ3v) is 5.08. The maximum atomic E-state index is 13.1. The van der Waals surface area contributed by atoms with Crippen LogP contribution in [0.15, 0.2) is 78.0 Å². The second-order valence-electron chi connectivity index (χ2n) is 8.05. The summed E-state index contributed by atoms with van der Waals surface area (Å²) >= 11 is 0. The Bertz CT molecular complexity index is 1130. The highest BCUT2D eigenvalue weighted by atomic mass is 19.1. The number of anilines is 1. The van der Waals surface area contributed by atoms with Crippen LogP contribution in [0.2, 0.25) is 0 Å². The van der Waals surface area contributed by atoms with Crippen molar-refractivity contribution in [2.45, 2.75) is 33.3 Å². The number of hydrogen-bond acceptors (Lipinski definition) is 6. The van der Waals surface area contributed by atoms with Crippen molar-refractivity contribution >= 4 is 23.6 Å². The number of pyridine rings is 1. The first-order valence-electron chi connectivity index (χ1n) is 11.6. The molecule has 0 saturated heterocycles. The molecule has 0 radical (unpaired) electrons. The molecule has 2 aromatic rings. The SMILES string of the molecule is C=C(N=CN(C)C(=C(NC)c1ccc(NC(=O)C(=C)F)cc1)[C@@H](C)Oc1cccc(C)n1)NCCC. The number of carbonyl (C=O) groups excluding carboxylic acids is 1. The van der Waals surface area contributed by atoms with Crippen LogP contribution in [-0.4, -0.2) is 48.9 Å². The van der Waals surface area contributed by atoms with Gasteiger partial charge in [0, 0.05) is 38.1 Å². The van der Waals surface area contributed by atoms with E-state index < -0.39 is 17.8 Å². The van der Waals surface area contributed by atoms with Crippen molar-refractivity contribution in [3.05, 3.63) is 84.2 Å². The molecule has 2 rings (SSSR count). The first kappa shape index (κ1) is 28.1. The number of ether oxygens (including phenoxy) is 1. The number of benzene rings is 1. The van der Waals surface area contributed by atoms with Gasteiger partial charge in [-0.25, -0.2) is 14.4 Å². The molecule has 0 aliphatic rings. The van der Waals surface area contributed by atoms with E-state index in [2.05, 4.69) is 46.0 Å². The quantitative estimate of drug-likeness (QED) is 0.214. The van der Waals surface area contributed by atoms with Crippen LogP contribution in [0.25, 0.3) is 5.70 Å². The summed E-state index contributed by atoms with van der Waals surface area (Å²) < 4.78 is 19.3. The van der Waals surface area contributed by atoms with Crippen molar-refractivity contribution in [1.82, 2.24) is 20.5 Å². The van der Waals surface area contributed by atoms with Gasteiger partial charge in [-0.05, 0) is 44.0 Å². The van der Waals surface area contributed by atoms with E-state index in [0.717, 1.165) is 35.6 Å². The standard InChI is InChI=1S/C27H35FN6O2/c1-8-16-30-21(5)31-17-34(7)26(20(4)36-24-11-9-10-18(2)32-24)25(29-6)22-12-14-23(15-13-22)33-27(35)19(3)28/h9-15,17,20,29-30H,3,5,8,16H2,1-2,4,6-7H3,(H,33,35)/t20-/m1/s1. The van der Waals surface area contributed by atoms with E-state index in [0.29, 0.717) is 17.4 Å². The van der Waals surface area contributed by atoms with E-state index >= 15 is 0 Å². The van der Waals surface area contributed by atoms with Gasteiger partial charge in [-0.15, -0.1) is 0 Å². The molecule has 1 aromatic heterocycles. The Hall–Kier alpha value is -4.14.